The van der Waals surface area contributed by atoms with Crippen molar-refractivity contribution in [1.29, 1.82) is 0 Å². The Bertz CT molecular complexity index is 1080. The van der Waals surface area contributed by atoms with Gasteiger partial charge in [0.25, 0.3) is 11.8 Å². The molecule has 0 spiro atoms. The molecule has 9 nitrogen and oxygen atoms in total. The van der Waals surface area contributed by atoms with Crippen LogP contribution in [0.15, 0.2) is 22.8 Å². The molecule has 3 heterocycles. The summed E-state index contributed by atoms with van der Waals surface area (Å²) in [5.41, 5.74) is 1.34. The highest BCUT2D eigenvalue weighted by Crippen LogP contribution is 2.40. The first-order chi connectivity index (χ1) is 16.4. The second-order valence-electron chi connectivity index (χ2n) is 8.57. The van der Waals surface area contributed by atoms with Gasteiger partial charge in [-0.05, 0) is 62.6 Å². The topological polar surface area (TPSA) is 115 Å². The number of nitrogens with zero attached hydrogens (tertiary/aromatic N) is 1. The van der Waals surface area contributed by atoms with Gasteiger partial charge in [-0.1, -0.05) is 6.92 Å². The first-order valence-corrected chi connectivity index (χ1v) is 12.3. The summed E-state index contributed by atoms with van der Waals surface area (Å²) in [6, 6.07) is 2.38. The zero-order valence-corrected chi connectivity index (χ0v) is 20.1. The summed E-state index contributed by atoms with van der Waals surface area (Å²) in [6.07, 6.45) is 5.08. The maximum atomic E-state index is 12.6. The van der Waals surface area contributed by atoms with Crippen LogP contribution in [0.5, 0.6) is 0 Å². The van der Waals surface area contributed by atoms with Crippen molar-refractivity contribution in [3.05, 3.63) is 40.2 Å². The number of likely N-dealkylation sites (tertiary alicyclic amines) is 1. The van der Waals surface area contributed by atoms with Crippen LogP contribution in [0, 0.1) is 5.92 Å². The van der Waals surface area contributed by atoms with E-state index in [0.717, 1.165) is 29.7 Å². The number of anilines is 1. The molecule has 1 N–H and O–H groups in total. The van der Waals surface area contributed by atoms with Gasteiger partial charge in [-0.2, -0.15) is 0 Å². The molecule has 2 amide bonds. The van der Waals surface area contributed by atoms with E-state index in [1.807, 2.05) is 0 Å². The van der Waals surface area contributed by atoms with E-state index in [1.54, 1.807) is 19.1 Å². The summed E-state index contributed by atoms with van der Waals surface area (Å²) in [5, 5.41) is 3.16. The first-order valence-electron chi connectivity index (χ1n) is 11.5. The molecule has 2 aromatic rings. The third-order valence-corrected chi connectivity index (χ3v) is 7.28. The summed E-state index contributed by atoms with van der Waals surface area (Å²) in [5.74, 6) is -1.37. The molecular formula is C24H28N2O7S. The Morgan fingerprint density at radius 2 is 2.06 bits per heavy atom. The lowest BCUT2D eigenvalue weighted by molar-refractivity contribution is -0.151. The number of esters is 2. The Labute approximate surface area is 201 Å². The number of amides is 2. The number of rotatable bonds is 7. The molecule has 2 aliphatic rings. The highest BCUT2D eigenvalue weighted by Gasteiger charge is 2.37. The molecule has 4 rings (SSSR count). The van der Waals surface area contributed by atoms with E-state index in [-0.39, 0.29) is 18.3 Å². The number of hydrogen-bond acceptors (Lipinski definition) is 8. The van der Waals surface area contributed by atoms with Crippen LogP contribution in [0.2, 0.25) is 0 Å². The highest BCUT2D eigenvalue weighted by molar-refractivity contribution is 7.17. The molecule has 2 aromatic heterocycles. The fourth-order valence-corrected chi connectivity index (χ4v) is 5.87. The summed E-state index contributed by atoms with van der Waals surface area (Å²) < 4.78 is 15.6. The van der Waals surface area contributed by atoms with Gasteiger partial charge in [-0.15, -0.1) is 11.3 Å². The van der Waals surface area contributed by atoms with E-state index in [1.165, 1.54) is 22.5 Å². The summed E-state index contributed by atoms with van der Waals surface area (Å²) in [6.45, 7) is 4.03. The van der Waals surface area contributed by atoms with Crippen molar-refractivity contribution in [3.8, 4) is 0 Å². The van der Waals surface area contributed by atoms with Crippen molar-refractivity contribution < 1.29 is 33.1 Å². The van der Waals surface area contributed by atoms with Gasteiger partial charge < -0.3 is 24.1 Å². The van der Waals surface area contributed by atoms with Crippen LogP contribution in [0.4, 0.5) is 5.00 Å². The molecule has 0 bridgehead atoms. The van der Waals surface area contributed by atoms with Gasteiger partial charge in [0.05, 0.1) is 18.4 Å². The Kier molecular flexibility index (Phi) is 7.35. The van der Waals surface area contributed by atoms with Crippen LogP contribution < -0.4 is 5.32 Å². The van der Waals surface area contributed by atoms with Gasteiger partial charge in [-0.3, -0.25) is 9.59 Å². The number of carbonyl (C=O) groups is 4. The Morgan fingerprint density at radius 3 is 2.79 bits per heavy atom. The molecule has 2 atom stereocenters. The molecule has 0 saturated carbocycles. The number of hydrogen-bond donors (Lipinski definition) is 1. The van der Waals surface area contributed by atoms with Crippen molar-refractivity contribution in [1.82, 2.24) is 4.90 Å². The van der Waals surface area contributed by atoms with Gasteiger partial charge in [-0.25, -0.2) is 9.59 Å². The minimum atomic E-state index is -0.768. The monoisotopic (exact) mass is 488 g/mol. The molecule has 0 radical (unpaired) electrons. The number of carbonyl (C=O) groups excluding carboxylic acids is 4. The number of ether oxygens (including phenoxy) is 2. The molecule has 1 saturated heterocycles. The van der Waals surface area contributed by atoms with Gasteiger partial charge in [0.1, 0.15) is 11.0 Å². The van der Waals surface area contributed by atoms with Crippen molar-refractivity contribution in [2.24, 2.45) is 5.92 Å². The number of fused-ring (bicyclic) bond motifs is 1. The van der Waals surface area contributed by atoms with Crippen LogP contribution in [0.3, 0.4) is 0 Å². The second kappa shape index (κ2) is 10.4. The molecule has 0 aromatic carbocycles. The maximum Gasteiger partial charge on any atom is 0.341 e. The zero-order valence-electron chi connectivity index (χ0n) is 19.3. The fourth-order valence-electron chi connectivity index (χ4n) is 4.45. The lowest BCUT2D eigenvalue weighted by Gasteiger charge is -2.22. The summed E-state index contributed by atoms with van der Waals surface area (Å²) in [7, 11) is 0. The normalized spacial score (nSPS) is 19.4. The van der Waals surface area contributed by atoms with Gasteiger partial charge in [0, 0.05) is 11.4 Å². The van der Waals surface area contributed by atoms with Crippen LogP contribution in [0.25, 0.3) is 0 Å². The molecular weight excluding hydrogens is 460 g/mol. The molecule has 1 fully saturated rings. The Hall–Kier alpha value is -3.14. The van der Waals surface area contributed by atoms with Crippen molar-refractivity contribution >= 4 is 40.1 Å². The SMILES string of the molecule is CCOC(=O)c1c(NC(=O)COC(=O)C2CCCN2C(=O)c2ccco2)sc2c1CCC(C)C2. The fraction of sp³-hybridized carbons (Fsp3) is 0.500. The minimum absolute atomic E-state index is 0.153. The highest BCUT2D eigenvalue weighted by atomic mass is 32.1. The van der Waals surface area contributed by atoms with Gasteiger partial charge >= 0.3 is 11.9 Å². The summed E-state index contributed by atoms with van der Waals surface area (Å²) in [4.78, 5) is 52.9. The van der Waals surface area contributed by atoms with E-state index < -0.39 is 30.5 Å². The molecule has 2 unspecified atom stereocenters. The number of thiophene rings is 1. The molecule has 10 heteroatoms. The third kappa shape index (κ3) is 5.01. The first kappa shape index (κ1) is 24.0. The van der Waals surface area contributed by atoms with E-state index in [4.69, 9.17) is 13.9 Å². The van der Waals surface area contributed by atoms with Crippen molar-refractivity contribution in [2.45, 2.75) is 52.0 Å². The molecule has 34 heavy (non-hydrogen) atoms. The standard InChI is InChI=1S/C24H28N2O7S/c1-3-31-24(30)20-15-9-8-14(2)12-18(15)34-21(20)25-19(27)13-33-23(29)16-6-4-10-26(16)22(28)17-7-5-11-32-17/h5,7,11,14,16H,3-4,6,8-10,12-13H2,1-2H3,(H,25,27). The van der Waals surface area contributed by atoms with Crippen LogP contribution in [-0.4, -0.2) is 54.5 Å². The number of nitrogens with one attached hydrogen (secondary N) is 1. The van der Waals surface area contributed by atoms with Crippen molar-refractivity contribution in [2.75, 3.05) is 25.1 Å². The average Bonchev–Trinajstić information content (AvgIpc) is 3.56. The largest absolute Gasteiger partial charge is 0.462 e. The number of furan rings is 1. The zero-order chi connectivity index (χ0) is 24.2. The van der Waals surface area contributed by atoms with Gasteiger partial charge in [0.2, 0.25) is 0 Å². The van der Waals surface area contributed by atoms with Crippen LogP contribution in [-0.2, 0) is 31.9 Å². The third-order valence-electron chi connectivity index (χ3n) is 6.11. The average molecular weight is 489 g/mol. The van der Waals surface area contributed by atoms with E-state index in [2.05, 4.69) is 12.2 Å². The van der Waals surface area contributed by atoms with E-state index in [9.17, 15) is 19.2 Å². The quantitative estimate of drug-likeness (QED) is 0.594. The smallest absolute Gasteiger partial charge is 0.341 e. The van der Waals surface area contributed by atoms with E-state index >= 15 is 0 Å². The molecule has 182 valence electrons. The maximum absolute atomic E-state index is 12.6. The predicted molar refractivity (Wildman–Crippen MR) is 124 cm³/mol. The predicted octanol–water partition coefficient (Wildman–Crippen LogP) is 3.43. The Balaban J connectivity index is 1.40. The lowest BCUT2D eigenvalue weighted by Crippen LogP contribution is -2.42. The van der Waals surface area contributed by atoms with Crippen LogP contribution >= 0.6 is 11.3 Å². The molecule has 1 aliphatic carbocycles. The summed E-state index contributed by atoms with van der Waals surface area (Å²) >= 11 is 1.37. The van der Waals surface area contributed by atoms with E-state index in [0.29, 0.717) is 35.9 Å². The second-order valence-corrected chi connectivity index (χ2v) is 9.67. The Morgan fingerprint density at radius 1 is 1.24 bits per heavy atom. The molecule has 1 aliphatic heterocycles. The minimum Gasteiger partial charge on any atom is -0.462 e. The lowest BCUT2D eigenvalue weighted by atomic mass is 9.88. The van der Waals surface area contributed by atoms with Gasteiger partial charge in [0.15, 0.2) is 12.4 Å². The van der Waals surface area contributed by atoms with Crippen molar-refractivity contribution in [3.63, 3.8) is 0 Å². The van der Waals surface area contributed by atoms with Crippen LogP contribution in [0.1, 0.15) is 64.5 Å².